The highest BCUT2D eigenvalue weighted by Gasteiger charge is 2.35. The molecule has 0 radical (unpaired) electrons. The highest BCUT2D eigenvalue weighted by Crippen LogP contribution is 2.34. The minimum Gasteiger partial charge on any atom is -0.468 e. The number of rotatable bonds is 4. The highest BCUT2D eigenvalue weighted by molar-refractivity contribution is 7.89. The molecule has 0 aliphatic carbocycles. The van der Waals surface area contributed by atoms with Crippen LogP contribution in [0.5, 0.6) is 0 Å². The van der Waals surface area contributed by atoms with Gasteiger partial charge in [-0.05, 0) is 36.8 Å². The maximum absolute atomic E-state index is 13.1. The molecule has 3 rings (SSSR count). The third kappa shape index (κ3) is 3.94. The molecule has 26 heavy (non-hydrogen) atoms. The number of hydrogen-bond acceptors (Lipinski definition) is 4. The molecule has 0 N–H and O–H groups in total. The molecule has 0 amide bonds. The Balaban J connectivity index is 1.73. The van der Waals surface area contributed by atoms with Crippen LogP contribution >= 0.6 is 0 Å². The Labute approximate surface area is 150 Å². The van der Waals surface area contributed by atoms with E-state index in [0.29, 0.717) is 19.6 Å². The molecular formula is C17H19F3N2O3S. The Bertz CT molecular complexity index is 856. The van der Waals surface area contributed by atoms with Crippen molar-refractivity contribution in [2.75, 3.05) is 26.2 Å². The van der Waals surface area contributed by atoms with Gasteiger partial charge in [-0.2, -0.15) is 17.5 Å². The zero-order chi connectivity index (χ0) is 18.9. The normalized spacial score (nSPS) is 17.5. The van der Waals surface area contributed by atoms with E-state index in [4.69, 9.17) is 4.42 Å². The average molecular weight is 388 g/mol. The molecule has 0 unspecified atom stereocenters. The van der Waals surface area contributed by atoms with E-state index in [2.05, 4.69) is 0 Å². The quantitative estimate of drug-likeness (QED) is 0.808. The van der Waals surface area contributed by atoms with E-state index >= 15 is 0 Å². The lowest BCUT2D eigenvalue weighted by Gasteiger charge is -2.33. The Morgan fingerprint density at radius 1 is 1.12 bits per heavy atom. The van der Waals surface area contributed by atoms with Gasteiger partial charge in [0.15, 0.2) is 0 Å². The molecule has 0 bridgehead atoms. The smallest absolute Gasteiger partial charge is 0.416 e. The van der Waals surface area contributed by atoms with E-state index in [1.165, 1.54) is 23.4 Å². The van der Waals surface area contributed by atoms with Gasteiger partial charge in [0.1, 0.15) is 5.76 Å². The summed E-state index contributed by atoms with van der Waals surface area (Å²) in [4.78, 5) is 1.72. The lowest BCUT2D eigenvalue weighted by molar-refractivity contribution is -0.138. The number of hydrogen-bond donors (Lipinski definition) is 0. The maximum Gasteiger partial charge on any atom is 0.416 e. The second-order valence-electron chi connectivity index (χ2n) is 6.23. The predicted molar refractivity (Wildman–Crippen MR) is 88.9 cm³/mol. The Kier molecular flexibility index (Phi) is 5.14. The van der Waals surface area contributed by atoms with Crippen molar-refractivity contribution in [2.45, 2.75) is 24.5 Å². The van der Waals surface area contributed by atoms with E-state index < -0.39 is 21.8 Å². The monoisotopic (exact) mass is 388 g/mol. The molecule has 1 aromatic heterocycles. The lowest BCUT2D eigenvalue weighted by atomic mass is 10.1. The van der Waals surface area contributed by atoms with Crippen LogP contribution < -0.4 is 0 Å². The van der Waals surface area contributed by atoms with Crippen LogP contribution in [-0.4, -0.2) is 43.8 Å². The van der Waals surface area contributed by atoms with Crippen LogP contribution in [0, 0.1) is 6.92 Å². The van der Waals surface area contributed by atoms with Gasteiger partial charge in [0.2, 0.25) is 10.0 Å². The first-order chi connectivity index (χ1) is 12.2. The van der Waals surface area contributed by atoms with Crippen LogP contribution in [0.3, 0.4) is 0 Å². The van der Waals surface area contributed by atoms with E-state index in [9.17, 15) is 21.6 Å². The van der Waals surface area contributed by atoms with Crippen molar-refractivity contribution in [1.29, 1.82) is 0 Å². The van der Waals surface area contributed by atoms with Gasteiger partial charge < -0.3 is 4.42 Å². The number of aryl methyl sites for hydroxylation is 1. The van der Waals surface area contributed by atoms with Crippen LogP contribution in [0.1, 0.15) is 16.9 Å². The largest absolute Gasteiger partial charge is 0.468 e. The minimum atomic E-state index is -4.59. The van der Waals surface area contributed by atoms with Crippen LogP contribution in [0.25, 0.3) is 0 Å². The third-order valence-electron chi connectivity index (χ3n) is 4.44. The van der Waals surface area contributed by atoms with Gasteiger partial charge in [-0.15, -0.1) is 0 Å². The summed E-state index contributed by atoms with van der Waals surface area (Å²) >= 11 is 0. The van der Waals surface area contributed by atoms with Crippen molar-refractivity contribution in [3.8, 4) is 0 Å². The zero-order valence-corrected chi connectivity index (χ0v) is 15.0. The molecule has 142 valence electrons. The number of sulfonamides is 1. The van der Waals surface area contributed by atoms with E-state index in [1.54, 1.807) is 12.3 Å². The van der Waals surface area contributed by atoms with E-state index in [-0.39, 0.29) is 23.5 Å². The Morgan fingerprint density at radius 3 is 2.38 bits per heavy atom. The summed E-state index contributed by atoms with van der Waals surface area (Å²) in [5.74, 6) is 0.787. The Morgan fingerprint density at radius 2 is 1.81 bits per heavy atom. The van der Waals surface area contributed by atoms with E-state index in [0.717, 1.165) is 11.8 Å². The molecule has 1 aliphatic rings. The fourth-order valence-corrected chi connectivity index (χ4v) is 4.42. The van der Waals surface area contributed by atoms with Gasteiger partial charge in [0.25, 0.3) is 0 Å². The first-order valence-corrected chi connectivity index (χ1v) is 9.54. The molecule has 0 atom stereocenters. The van der Waals surface area contributed by atoms with Crippen LogP contribution in [-0.2, 0) is 22.7 Å². The second kappa shape index (κ2) is 7.05. The van der Waals surface area contributed by atoms with Gasteiger partial charge in [-0.3, -0.25) is 4.90 Å². The zero-order valence-electron chi connectivity index (χ0n) is 14.2. The van der Waals surface area contributed by atoms with E-state index in [1.807, 2.05) is 11.0 Å². The standard InChI is InChI=1S/C17H19F3N2O3S/c1-13-4-5-15(11-16(13)17(18,19)20)26(23,24)22-8-6-21(7-9-22)12-14-3-2-10-25-14/h2-5,10-11H,6-9,12H2,1H3. The van der Waals surface area contributed by atoms with Gasteiger partial charge in [0, 0.05) is 26.2 Å². The summed E-state index contributed by atoms with van der Waals surface area (Å²) in [5, 5.41) is 0. The second-order valence-corrected chi connectivity index (χ2v) is 8.17. The molecule has 1 aliphatic heterocycles. The summed E-state index contributed by atoms with van der Waals surface area (Å²) in [6, 6.07) is 6.78. The number of halogens is 3. The van der Waals surface area contributed by atoms with Crippen LogP contribution in [0.4, 0.5) is 13.2 Å². The average Bonchev–Trinajstić information content (AvgIpc) is 3.07. The van der Waals surface area contributed by atoms with Crippen molar-refractivity contribution < 1.29 is 26.0 Å². The topological polar surface area (TPSA) is 53.8 Å². The molecule has 0 saturated carbocycles. The number of furan rings is 1. The number of benzene rings is 1. The van der Waals surface area contributed by atoms with Gasteiger partial charge in [-0.25, -0.2) is 8.42 Å². The minimum absolute atomic E-state index is 0.000262. The molecule has 9 heteroatoms. The SMILES string of the molecule is Cc1ccc(S(=O)(=O)N2CCN(Cc3ccco3)CC2)cc1C(F)(F)F. The van der Waals surface area contributed by atoms with Crippen molar-refractivity contribution in [3.63, 3.8) is 0 Å². The highest BCUT2D eigenvalue weighted by atomic mass is 32.2. The van der Waals surface area contributed by atoms with Crippen LogP contribution in [0.15, 0.2) is 45.9 Å². The predicted octanol–water partition coefficient (Wildman–Crippen LogP) is 3.11. The third-order valence-corrected chi connectivity index (χ3v) is 6.34. The summed E-state index contributed by atoms with van der Waals surface area (Å²) in [7, 11) is -3.96. The molecular weight excluding hydrogens is 369 g/mol. The summed E-state index contributed by atoms with van der Waals surface area (Å²) in [6.45, 7) is 3.29. The van der Waals surface area contributed by atoms with Crippen molar-refractivity contribution >= 4 is 10.0 Å². The fraction of sp³-hybridized carbons (Fsp3) is 0.412. The Hall–Kier alpha value is -1.84. The van der Waals surface area contributed by atoms with Gasteiger partial charge >= 0.3 is 6.18 Å². The molecule has 5 nitrogen and oxygen atoms in total. The molecule has 2 heterocycles. The summed E-state index contributed by atoms with van der Waals surface area (Å²) < 4.78 is 71.2. The van der Waals surface area contributed by atoms with Crippen LogP contribution in [0.2, 0.25) is 0 Å². The molecule has 1 aromatic carbocycles. The molecule has 1 saturated heterocycles. The van der Waals surface area contributed by atoms with Crippen molar-refractivity contribution in [1.82, 2.24) is 9.21 Å². The number of piperazine rings is 1. The van der Waals surface area contributed by atoms with Crippen molar-refractivity contribution in [3.05, 3.63) is 53.5 Å². The summed E-state index contributed by atoms with van der Waals surface area (Å²) in [5.41, 5.74) is -0.922. The van der Waals surface area contributed by atoms with Gasteiger partial charge in [-0.1, -0.05) is 6.07 Å². The molecule has 2 aromatic rings. The van der Waals surface area contributed by atoms with Crippen molar-refractivity contribution in [2.24, 2.45) is 0 Å². The molecule has 1 fully saturated rings. The first kappa shape index (κ1) is 18.9. The maximum atomic E-state index is 13.1. The first-order valence-electron chi connectivity index (χ1n) is 8.10. The number of alkyl halides is 3. The number of nitrogens with zero attached hydrogens (tertiary/aromatic N) is 2. The molecule has 0 spiro atoms. The fourth-order valence-electron chi connectivity index (χ4n) is 2.97. The summed E-state index contributed by atoms with van der Waals surface area (Å²) in [6.07, 6.45) is -3.01. The van der Waals surface area contributed by atoms with Gasteiger partial charge in [0.05, 0.1) is 23.3 Å². The lowest BCUT2D eigenvalue weighted by Crippen LogP contribution is -2.48.